The molecule has 1 aliphatic heterocycles. The van der Waals surface area contributed by atoms with Crippen molar-refractivity contribution in [2.45, 2.75) is 12.5 Å². The Kier molecular flexibility index (Phi) is 3.49. The first kappa shape index (κ1) is 11.7. The van der Waals surface area contributed by atoms with Crippen molar-refractivity contribution in [1.29, 1.82) is 0 Å². The van der Waals surface area contributed by atoms with Gasteiger partial charge >= 0.3 is 6.09 Å². The highest BCUT2D eigenvalue weighted by atomic mass is 16.6. The maximum Gasteiger partial charge on any atom is 0.409 e. The molecular weight excluding hydrogens is 222 g/mol. The lowest BCUT2D eigenvalue weighted by molar-refractivity contribution is 0.0470. The van der Waals surface area contributed by atoms with E-state index in [1.54, 1.807) is 18.2 Å². The van der Waals surface area contributed by atoms with Crippen molar-refractivity contribution >= 4 is 6.09 Å². The summed E-state index contributed by atoms with van der Waals surface area (Å²) in [5.74, 6) is 0.0328. The third-order valence-corrected chi connectivity index (χ3v) is 2.75. The smallest absolute Gasteiger partial charge is 0.409 e. The topological polar surface area (TPSA) is 70.0 Å². The molecule has 2 N–H and O–H groups in total. The summed E-state index contributed by atoms with van der Waals surface area (Å²) >= 11 is 0. The first-order valence-electron chi connectivity index (χ1n) is 5.56. The Hall–Kier alpha value is -1.75. The number of amides is 1. The SMILES string of the molecule is O=C1OCCCN1CC(O)c1ccccc1O. The molecule has 1 heterocycles. The molecule has 0 saturated carbocycles. The number of hydrogen-bond donors (Lipinski definition) is 2. The number of phenolic OH excluding ortho intramolecular Hbond substituents is 1. The number of β-amino-alcohol motifs (C(OH)–C–C–N with tert-alkyl or cyclic N) is 1. The van der Waals surface area contributed by atoms with E-state index in [-0.39, 0.29) is 12.3 Å². The van der Waals surface area contributed by atoms with Crippen LogP contribution in [0, 0.1) is 0 Å². The Morgan fingerprint density at radius 3 is 2.88 bits per heavy atom. The maximum absolute atomic E-state index is 11.4. The van der Waals surface area contributed by atoms with E-state index in [0.717, 1.165) is 6.42 Å². The first-order chi connectivity index (χ1) is 8.18. The molecule has 0 aromatic heterocycles. The Morgan fingerprint density at radius 1 is 1.41 bits per heavy atom. The fourth-order valence-corrected chi connectivity index (χ4v) is 1.84. The summed E-state index contributed by atoms with van der Waals surface area (Å²) in [4.78, 5) is 12.8. The second-order valence-corrected chi connectivity index (χ2v) is 3.99. The van der Waals surface area contributed by atoms with Crippen LogP contribution in [0.3, 0.4) is 0 Å². The molecule has 1 fully saturated rings. The van der Waals surface area contributed by atoms with Gasteiger partial charge in [-0.1, -0.05) is 18.2 Å². The van der Waals surface area contributed by atoms with E-state index in [0.29, 0.717) is 18.7 Å². The van der Waals surface area contributed by atoms with Crippen LogP contribution in [-0.4, -0.2) is 40.9 Å². The second kappa shape index (κ2) is 5.05. The number of phenols is 1. The number of rotatable bonds is 3. The zero-order valence-electron chi connectivity index (χ0n) is 9.37. The molecule has 0 spiro atoms. The largest absolute Gasteiger partial charge is 0.508 e. The number of aliphatic hydroxyl groups excluding tert-OH is 1. The molecule has 0 bridgehead atoms. The van der Waals surface area contributed by atoms with Crippen LogP contribution in [0.1, 0.15) is 18.1 Å². The van der Waals surface area contributed by atoms with Gasteiger partial charge in [-0.3, -0.25) is 0 Å². The third-order valence-electron chi connectivity index (χ3n) is 2.75. The number of aliphatic hydroxyl groups is 1. The van der Waals surface area contributed by atoms with E-state index in [4.69, 9.17) is 4.74 Å². The first-order valence-corrected chi connectivity index (χ1v) is 5.56. The van der Waals surface area contributed by atoms with Gasteiger partial charge in [0.2, 0.25) is 0 Å². The van der Waals surface area contributed by atoms with Crippen molar-refractivity contribution < 1.29 is 19.7 Å². The highest BCUT2D eigenvalue weighted by Crippen LogP contribution is 2.24. The van der Waals surface area contributed by atoms with Gasteiger partial charge in [-0.05, 0) is 12.5 Å². The molecule has 5 nitrogen and oxygen atoms in total. The average Bonchev–Trinajstić information content (AvgIpc) is 2.32. The van der Waals surface area contributed by atoms with Gasteiger partial charge in [-0.2, -0.15) is 0 Å². The lowest BCUT2D eigenvalue weighted by atomic mass is 10.1. The molecule has 2 rings (SSSR count). The number of nitrogens with zero attached hydrogens (tertiary/aromatic N) is 1. The average molecular weight is 237 g/mol. The highest BCUT2D eigenvalue weighted by molar-refractivity contribution is 5.68. The summed E-state index contributed by atoms with van der Waals surface area (Å²) in [6.07, 6.45) is -0.549. The molecule has 1 amide bonds. The summed E-state index contributed by atoms with van der Waals surface area (Å²) in [6.45, 7) is 1.14. The van der Waals surface area contributed by atoms with Gasteiger partial charge in [0.15, 0.2) is 0 Å². The standard InChI is InChI=1S/C12H15NO4/c14-10-5-2-1-4-9(10)11(15)8-13-6-3-7-17-12(13)16/h1-2,4-5,11,14-15H,3,6-8H2. The normalized spacial score (nSPS) is 17.7. The Labute approximate surface area is 99.2 Å². The van der Waals surface area contributed by atoms with Crippen molar-refractivity contribution in [2.75, 3.05) is 19.7 Å². The van der Waals surface area contributed by atoms with E-state index in [1.807, 2.05) is 0 Å². The van der Waals surface area contributed by atoms with Gasteiger partial charge in [0.25, 0.3) is 0 Å². The van der Waals surface area contributed by atoms with Gasteiger partial charge in [0.05, 0.1) is 13.2 Å². The summed E-state index contributed by atoms with van der Waals surface area (Å²) in [6, 6.07) is 6.55. The van der Waals surface area contributed by atoms with Crippen LogP contribution in [0.2, 0.25) is 0 Å². The number of cyclic esters (lactones) is 1. The number of ether oxygens (including phenoxy) is 1. The quantitative estimate of drug-likeness (QED) is 0.830. The van der Waals surface area contributed by atoms with Crippen molar-refractivity contribution in [2.24, 2.45) is 0 Å². The van der Waals surface area contributed by atoms with Crippen molar-refractivity contribution in [1.82, 2.24) is 4.90 Å². The third kappa shape index (κ3) is 2.68. The van der Waals surface area contributed by atoms with Gasteiger partial charge in [0, 0.05) is 12.1 Å². The molecule has 92 valence electrons. The molecule has 1 aliphatic rings. The summed E-state index contributed by atoms with van der Waals surface area (Å²) in [5, 5.41) is 19.5. The molecule has 1 aromatic rings. The minimum atomic E-state index is -0.901. The fraction of sp³-hybridized carbons (Fsp3) is 0.417. The molecular formula is C12H15NO4. The van der Waals surface area contributed by atoms with Crippen LogP contribution in [0.5, 0.6) is 5.75 Å². The van der Waals surface area contributed by atoms with Crippen LogP contribution in [0.4, 0.5) is 4.79 Å². The molecule has 17 heavy (non-hydrogen) atoms. The second-order valence-electron chi connectivity index (χ2n) is 3.99. The number of benzene rings is 1. The summed E-state index contributed by atoms with van der Waals surface area (Å²) < 4.78 is 4.87. The van der Waals surface area contributed by atoms with E-state index in [2.05, 4.69) is 0 Å². The predicted octanol–water partition coefficient (Wildman–Crippen LogP) is 1.27. The summed E-state index contributed by atoms with van der Waals surface area (Å²) in [7, 11) is 0. The number of aromatic hydroxyl groups is 1. The van der Waals surface area contributed by atoms with Crippen LogP contribution < -0.4 is 0 Å². The molecule has 0 radical (unpaired) electrons. The lowest BCUT2D eigenvalue weighted by Gasteiger charge is -2.28. The van der Waals surface area contributed by atoms with E-state index < -0.39 is 12.2 Å². The number of hydrogen-bond acceptors (Lipinski definition) is 4. The Bertz CT molecular complexity index is 407. The zero-order chi connectivity index (χ0) is 12.3. The minimum Gasteiger partial charge on any atom is -0.508 e. The molecule has 0 aliphatic carbocycles. The monoisotopic (exact) mass is 237 g/mol. The predicted molar refractivity (Wildman–Crippen MR) is 60.6 cm³/mol. The molecule has 1 aromatic carbocycles. The summed E-state index contributed by atoms with van der Waals surface area (Å²) in [5.41, 5.74) is 0.422. The van der Waals surface area contributed by atoms with E-state index in [1.165, 1.54) is 11.0 Å². The van der Waals surface area contributed by atoms with Crippen LogP contribution in [-0.2, 0) is 4.74 Å². The molecule has 1 unspecified atom stereocenters. The van der Waals surface area contributed by atoms with Gasteiger partial charge < -0.3 is 19.8 Å². The Balaban J connectivity index is 2.03. The van der Waals surface area contributed by atoms with Crippen molar-refractivity contribution in [3.63, 3.8) is 0 Å². The van der Waals surface area contributed by atoms with E-state index >= 15 is 0 Å². The maximum atomic E-state index is 11.4. The van der Waals surface area contributed by atoms with Gasteiger partial charge in [0.1, 0.15) is 11.9 Å². The molecule has 5 heteroatoms. The van der Waals surface area contributed by atoms with Crippen molar-refractivity contribution in [3.8, 4) is 5.75 Å². The Morgan fingerprint density at radius 2 is 2.18 bits per heavy atom. The highest BCUT2D eigenvalue weighted by Gasteiger charge is 2.23. The molecule has 1 saturated heterocycles. The zero-order valence-corrected chi connectivity index (χ0v) is 9.37. The number of carbonyl (C=O) groups excluding carboxylic acids is 1. The molecule has 1 atom stereocenters. The van der Waals surface area contributed by atoms with E-state index in [9.17, 15) is 15.0 Å². The lowest BCUT2D eigenvalue weighted by Crippen LogP contribution is -2.40. The minimum absolute atomic E-state index is 0.0328. The van der Waals surface area contributed by atoms with Gasteiger partial charge in [-0.25, -0.2) is 4.79 Å². The number of carbonyl (C=O) groups is 1. The van der Waals surface area contributed by atoms with Gasteiger partial charge in [-0.15, -0.1) is 0 Å². The number of para-hydroxylation sites is 1. The van der Waals surface area contributed by atoms with Crippen LogP contribution in [0.15, 0.2) is 24.3 Å². The van der Waals surface area contributed by atoms with Crippen LogP contribution in [0.25, 0.3) is 0 Å². The van der Waals surface area contributed by atoms with Crippen molar-refractivity contribution in [3.05, 3.63) is 29.8 Å². The van der Waals surface area contributed by atoms with Crippen LogP contribution >= 0.6 is 0 Å². The fourth-order valence-electron chi connectivity index (χ4n) is 1.84.